The number of nitrogens with zero attached hydrogens (tertiary/aromatic N) is 1. The number of fused-ring (bicyclic) bond motifs is 1. The molecule has 4 aromatic rings. The number of rotatable bonds is 7. The Hall–Kier alpha value is -4.12. The number of hydrogen-bond donors (Lipinski definition) is 1. The number of pyridine rings is 1. The number of carbonyl (C=O) groups excluding carboxylic acids is 1. The molecule has 1 aromatic heterocycles. The first-order valence-electron chi connectivity index (χ1n) is 9.79. The molecule has 0 atom stereocenters. The van der Waals surface area contributed by atoms with E-state index in [1.165, 1.54) is 18.2 Å². The zero-order valence-electron chi connectivity index (χ0n) is 17.0. The van der Waals surface area contributed by atoms with E-state index < -0.39 is 0 Å². The van der Waals surface area contributed by atoms with Crippen LogP contribution in [0.1, 0.15) is 21.5 Å². The van der Waals surface area contributed by atoms with Crippen molar-refractivity contribution in [1.29, 1.82) is 0 Å². The number of carbonyl (C=O) groups is 1. The first-order chi connectivity index (χ1) is 15.1. The molecule has 0 aliphatic carbocycles. The monoisotopic (exact) mass is 411 g/mol. The number of benzene rings is 3. The van der Waals surface area contributed by atoms with E-state index in [1.54, 1.807) is 31.5 Å². The Bertz CT molecular complexity index is 1260. The van der Waals surface area contributed by atoms with Crippen molar-refractivity contribution in [3.63, 3.8) is 0 Å². The van der Waals surface area contributed by atoms with Crippen molar-refractivity contribution >= 4 is 22.8 Å². The van der Waals surface area contributed by atoms with Crippen LogP contribution in [0.2, 0.25) is 0 Å². The molecule has 1 heterocycles. The Morgan fingerprint density at radius 2 is 1.84 bits per heavy atom. The zero-order chi connectivity index (χ0) is 21.6. The van der Waals surface area contributed by atoms with Crippen molar-refractivity contribution < 1.29 is 19.4 Å². The van der Waals surface area contributed by atoms with Gasteiger partial charge in [0.15, 0.2) is 5.78 Å². The third-order valence-electron chi connectivity index (χ3n) is 4.84. The van der Waals surface area contributed by atoms with E-state index in [0.717, 1.165) is 22.0 Å². The number of phenols is 1. The van der Waals surface area contributed by atoms with Crippen LogP contribution in [0.4, 0.5) is 0 Å². The maximum atomic E-state index is 12.4. The Morgan fingerprint density at radius 3 is 2.68 bits per heavy atom. The number of aromatic nitrogens is 1. The van der Waals surface area contributed by atoms with Crippen LogP contribution >= 0.6 is 0 Å². The van der Waals surface area contributed by atoms with Crippen molar-refractivity contribution in [3.8, 4) is 17.2 Å². The summed E-state index contributed by atoms with van der Waals surface area (Å²) >= 11 is 0. The molecule has 0 saturated heterocycles. The highest BCUT2D eigenvalue weighted by molar-refractivity contribution is 6.07. The van der Waals surface area contributed by atoms with Crippen molar-refractivity contribution in [3.05, 3.63) is 102 Å². The molecule has 154 valence electrons. The molecule has 0 aliphatic rings. The minimum atomic E-state index is -0.189. The average molecular weight is 411 g/mol. The Labute approximate surface area is 180 Å². The Morgan fingerprint density at radius 1 is 1.00 bits per heavy atom. The fourth-order valence-electron chi connectivity index (χ4n) is 3.29. The van der Waals surface area contributed by atoms with Gasteiger partial charge in [-0.2, -0.15) is 0 Å². The summed E-state index contributed by atoms with van der Waals surface area (Å²) in [6.07, 6.45) is 4.95. The number of ether oxygens (including phenoxy) is 2. The zero-order valence-corrected chi connectivity index (χ0v) is 17.0. The molecular formula is C26H21NO4. The van der Waals surface area contributed by atoms with Crippen LogP contribution in [0, 0.1) is 0 Å². The van der Waals surface area contributed by atoms with Gasteiger partial charge in [0.25, 0.3) is 0 Å². The van der Waals surface area contributed by atoms with Crippen molar-refractivity contribution in [2.24, 2.45) is 0 Å². The van der Waals surface area contributed by atoms with E-state index in [0.29, 0.717) is 23.7 Å². The molecule has 4 rings (SSSR count). The predicted octanol–water partition coefficient (Wildman–Crippen LogP) is 5.42. The van der Waals surface area contributed by atoms with Gasteiger partial charge in [-0.25, -0.2) is 0 Å². The molecule has 1 N–H and O–H groups in total. The number of methoxy groups -OCH3 is 1. The number of para-hydroxylation sites is 1. The largest absolute Gasteiger partial charge is 0.508 e. The van der Waals surface area contributed by atoms with Crippen LogP contribution in [-0.4, -0.2) is 23.0 Å². The van der Waals surface area contributed by atoms with Crippen LogP contribution in [0.3, 0.4) is 0 Å². The van der Waals surface area contributed by atoms with Gasteiger partial charge in [0.05, 0.1) is 7.11 Å². The molecule has 0 spiro atoms. The van der Waals surface area contributed by atoms with Gasteiger partial charge in [0, 0.05) is 22.7 Å². The summed E-state index contributed by atoms with van der Waals surface area (Å²) in [6.45, 7) is 0.293. The van der Waals surface area contributed by atoms with Gasteiger partial charge in [-0.1, -0.05) is 42.5 Å². The standard InChI is InChI=1S/C26H21NO4/c1-30-24-13-11-18(10-12-23(29)20-6-2-8-22(28)16-20)15-21(24)17-31-25-9-3-5-19-7-4-14-27-26(19)25/h2-16,28H,17H2,1H3/b12-10+. The topological polar surface area (TPSA) is 68.7 Å². The summed E-state index contributed by atoms with van der Waals surface area (Å²) in [7, 11) is 1.61. The summed E-state index contributed by atoms with van der Waals surface area (Å²) in [4.78, 5) is 16.8. The highest BCUT2D eigenvalue weighted by Crippen LogP contribution is 2.27. The summed E-state index contributed by atoms with van der Waals surface area (Å²) in [6, 6.07) is 21.6. The van der Waals surface area contributed by atoms with Crippen LogP contribution in [0.25, 0.3) is 17.0 Å². The minimum Gasteiger partial charge on any atom is -0.508 e. The molecule has 0 radical (unpaired) electrons. The second-order valence-electron chi connectivity index (χ2n) is 6.94. The van der Waals surface area contributed by atoms with Gasteiger partial charge in [0.1, 0.15) is 29.4 Å². The number of phenolic OH excluding ortho intramolecular Hbond substituents is 1. The first kappa shape index (κ1) is 20.2. The van der Waals surface area contributed by atoms with Gasteiger partial charge < -0.3 is 14.6 Å². The number of ketones is 1. The van der Waals surface area contributed by atoms with Crippen LogP contribution in [0.15, 0.2) is 85.1 Å². The van der Waals surface area contributed by atoms with E-state index in [2.05, 4.69) is 4.98 Å². The molecule has 5 nitrogen and oxygen atoms in total. The molecule has 0 bridgehead atoms. The van der Waals surface area contributed by atoms with Gasteiger partial charge in [0.2, 0.25) is 0 Å². The first-order valence-corrected chi connectivity index (χ1v) is 9.79. The summed E-state index contributed by atoms with van der Waals surface area (Å²) in [5, 5.41) is 10.6. The molecule has 3 aromatic carbocycles. The maximum absolute atomic E-state index is 12.4. The van der Waals surface area contributed by atoms with Gasteiger partial charge >= 0.3 is 0 Å². The van der Waals surface area contributed by atoms with E-state index in [4.69, 9.17) is 9.47 Å². The van der Waals surface area contributed by atoms with Crippen molar-refractivity contribution in [2.45, 2.75) is 6.61 Å². The lowest BCUT2D eigenvalue weighted by molar-refractivity contribution is 0.104. The van der Waals surface area contributed by atoms with Crippen LogP contribution < -0.4 is 9.47 Å². The molecule has 0 amide bonds. The van der Waals surface area contributed by atoms with Gasteiger partial charge in [-0.15, -0.1) is 0 Å². The molecular weight excluding hydrogens is 390 g/mol. The van der Waals surface area contributed by atoms with Crippen molar-refractivity contribution in [2.75, 3.05) is 7.11 Å². The third kappa shape index (κ3) is 4.73. The smallest absolute Gasteiger partial charge is 0.185 e. The molecule has 0 aliphatic heterocycles. The lowest BCUT2D eigenvalue weighted by atomic mass is 10.1. The summed E-state index contributed by atoms with van der Waals surface area (Å²) in [5.74, 6) is 1.27. The average Bonchev–Trinajstić information content (AvgIpc) is 2.81. The highest BCUT2D eigenvalue weighted by Gasteiger charge is 2.08. The molecule has 0 saturated carbocycles. The third-order valence-corrected chi connectivity index (χ3v) is 4.84. The van der Waals surface area contributed by atoms with Crippen molar-refractivity contribution in [1.82, 2.24) is 4.98 Å². The second kappa shape index (κ2) is 9.13. The lowest BCUT2D eigenvalue weighted by Gasteiger charge is -2.12. The van der Waals surface area contributed by atoms with E-state index in [9.17, 15) is 9.90 Å². The van der Waals surface area contributed by atoms with E-state index in [-0.39, 0.29) is 11.5 Å². The predicted molar refractivity (Wildman–Crippen MR) is 121 cm³/mol. The number of allylic oxidation sites excluding steroid dienone is 1. The van der Waals surface area contributed by atoms with Gasteiger partial charge in [-0.3, -0.25) is 9.78 Å². The van der Waals surface area contributed by atoms with Crippen LogP contribution in [-0.2, 0) is 6.61 Å². The molecule has 0 unspecified atom stereocenters. The highest BCUT2D eigenvalue weighted by atomic mass is 16.5. The van der Waals surface area contributed by atoms with Crippen LogP contribution in [0.5, 0.6) is 17.2 Å². The Balaban J connectivity index is 1.54. The fraction of sp³-hybridized carbons (Fsp3) is 0.0769. The SMILES string of the molecule is COc1ccc(/C=C/C(=O)c2cccc(O)c2)cc1COc1cccc2cccnc12. The molecule has 0 fully saturated rings. The summed E-state index contributed by atoms with van der Waals surface area (Å²) < 4.78 is 11.5. The fourth-order valence-corrected chi connectivity index (χ4v) is 3.29. The quantitative estimate of drug-likeness (QED) is 0.325. The van der Waals surface area contributed by atoms with E-state index in [1.807, 2.05) is 48.5 Å². The molecule has 31 heavy (non-hydrogen) atoms. The lowest BCUT2D eigenvalue weighted by Crippen LogP contribution is -2.00. The molecule has 5 heteroatoms. The second-order valence-corrected chi connectivity index (χ2v) is 6.94. The Kier molecular flexibility index (Phi) is 5.94. The van der Waals surface area contributed by atoms with Gasteiger partial charge in [-0.05, 0) is 48.0 Å². The normalized spacial score (nSPS) is 11.0. The minimum absolute atomic E-state index is 0.0612. The summed E-state index contributed by atoms with van der Waals surface area (Å²) in [5.41, 5.74) is 2.92. The van der Waals surface area contributed by atoms with E-state index >= 15 is 0 Å². The maximum Gasteiger partial charge on any atom is 0.185 e. The number of aromatic hydroxyl groups is 1. The number of hydrogen-bond acceptors (Lipinski definition) is 5.